The van der Waals surface area contributed by atoms with Crippen LogP contribution >= 0.6 is 7.60 Å². The maximum atomic E-state index is 13.3. The molecule has 1 amide bonds. The van der Waals surface area contributed by atoms with Gasteiger partial charge in [-0.05, 0) is 26.0 Å². The summed E-state index contributed by atoms with van der Waals surface area (Å²) < 4.78 is 29.4. The Morgan fingerprint density at radius 2 is 1.82 bits per heavy atom. The molecule has 1 heterocycles. The van der Waals surface area contributed by atoms with Crippen molar-refractivity contribution >= 4 is 19.7 Å². The molecule has 0 spiro atoms. The van der Waals surface area contributed by atoms with Crippen molar-refractivity contribution < 1.29 is 33.0 Å². The number of hydrogen-bond donors (Lipinski definition) is 1. The Morgan fingerprint density at radius 1 is 1.18 bits per heavy atom. The summed E-state index contributed by atoms with van der Waals surface area (Å²) >= 11 is 0. The molecule has 2 rings (SSSR count). The highest BCUT2D eigenvalue weighted by Crippen LogP contribution is 2.49. The van der Waals surface area contributed by atoms with Crippen LogP contribution < -0.4 is 4.52 Å². The SMILES string of the molecule is CCOC(=O)C(C)OP(=O)(CCN1CCN(C(=O)O)CC1)Oc1ccccc1. The second-order valence-corrected chi connectivity index (χ2v) is 8.41. The average Bonchev–Trinajstić information content (AvgIpc) is 2.67. The van der Waals surface area contributed by atoms with Crippen molar-refractivity contribution in [2.45, 2.75) is 20.0 Å². The van der Waals surface area contributed by atoms with Gasteiger partial charge in [0.05, 0.1) is 12.8 Å². The Labute approximate surface area is 164 Å². The molecule has 1 aliphatic heterocycles. The van der Waals surface area contributed by atoms with Gasteiger partial charge in [0.2, 0.25) is 0 Å². The number of amides is 1. The molecular formula is C18H27N2O7P. The summed E-state index contributed by atoms with van der Waals surface area (Å²) in [5.74, 6) is -0.216. The summed E-state index contributed by atoms with van der Waals surface area (Å²) in [6.07, 6.45) is -1.90. The first-order chi connectivity index (χ1) is 13.3. The van der Waals surface area contributed by atoms with Gasteiger partial charge in [0.25, 0.3) is 0 Å². The third-order valence-electron chi connectivity index (χ3n) is 4.26. The van der Waals surface area contributed by atoms with Crippen LogP contribution in [-0.2, 0) is 18.6 Å². The van der Waals surface area contributed by atoms with Crippen molar-refractivity contribution in [3.8, 4) is 5.75 Å². The molecule has 156 valence electrons. The second-order valence-electron chi connectivity index (χ2n) is 6.35. The summed E-state index contributed by atoms with van der Waals surface area (Å²) in [5.41, 5.74) is 0. The van der Waals surface area contributed by atoms with E-state index in [4.69, 9.17) is 18.9 Å². The second kappa shape index (κ2) is 10.5. The van der Waals surface area contributed by atoms with Gasteiger partial charge in [-0.25, -0.2) is 14.2 Å². The molecule has 9 nitrogen and oxygen atoms in total. The molecular weight excluding hydrogens is 387 g/mol. The van der Waals surface area contributed by atoms with Crippen molar-refractivity contribution in [3.05, 3.63) is 30.3 Å². The number of esters is 1. The minimum atomic E-state index is -3.65. The van der Waals surface area contributed by atoms with Crippen molar-refractivity contribution in [1.82, 2.24) is 9.80 Å². The van der Waals surface area contributed by atoms with Crippen molar-refractivity contribution in [2.24, 2.45) is 0 Å². The zero-order valence-corrected chi connectivity index (χ0v) is 17.0. The Bertz CT molecular complexity index is 692. The number of hydrogen-bond acceptors (Lipinski definition) is 7. The lowest BCUT2D eigenvalue weighted by atomic mass is 10.3. The van der Waals surface area contributed by atoms with Crippen molar-refractivity contribution in [2.75, 3.05) is 45.5 Å². The van der Waals surface area contributed by atoms with Crippen LogP contribution in [-0.4, -0.2) is 78.6 Å². The third-order valence-corrected chi connectivity index (χ3v) is 6.13. The van der Waals surface area contributed by atoms with E-state index < -0.39 is 25.8 Å². The van der Waals surface area contributed by atoms with E-state index in [0.29, 0.717) is 38.5 Å². The van der Waals surface area contributed by atoms with Crippen LogP contribution in [0.4, 0.5) is 4.79 Å². The minimum Gasteiger partial charge on any atom is -0.465 e. The average molecular weight is 414 g/mol. The molecule has 0 saturated carbocycles. The number of ether oxygens (including phenoxy) is 1. The molecule has 2 atom stereocenters. The Kier molecular flexibility index (Phi) is 8.29. The molecule has 1 N–H and O–H groups in total. The molecule has 1 aromatic carbocycles. The Hall–Kier alpha value is -2.09. The number of carbonyl (C=O) groups excluding carboxylic acids is 1. The molecule has 10 heteroatoms. The molecule has 0 radical (unpaired) electrons. The van der Waals surface area contributed by atoms with E-state index in [1.54, 1.807) is 31.2 Å². The highest BCUT2D eigenvalue weighted by molar-refractivity contribution is 7.54. The van der Waals surface area contributed by atoms with E-state index in [1.807, 2.05) is 11.0 Å². The number of carboxylic acid groups (broad SMARTS) is 1. The number of nitrogens with zero attached hydrogens (tertiary/aromatic N) is 2. The Balaban J connectivity index is 2.00. The van der Waals surface area contributed by atoms with Crippen LogP contribution in [0.15, 0.2) is 30.3 Å². The van der Waals surface area contributed by atoms with Crippen molar-refractivity contribution in [1.29, 1.82) is 0 Å². The maximum Gasteiger partial charge on any atom is 0.407 e. The van der Waals surface area contributed by atoms with Crippen LogP contribution in [0.2, 0.25) is 0 Å². The van der Waals surface area contributed by atoms with E-state index in [1.165, 1.54) is 11.8 Å². The lowest BCUT2D eigenvalue weighted by Crippen LogP contribution is -2.48. The van der Waals surface area contributed by atoms with Crippen LogP contribution in [0.25, 0.3) is 0 Å². The van der Waals surface area contributed by atoms with E-state index in [0.717, 1.165) is 0 Å². The van der Waals surface area contributed by atoms with Gasteiger partial charge >= 0.3 is 19.7 Å². The standard InChI is InChI=1S/C18H27N2O7P/c1-3-25-17(21)15(2)26-28(24,27-16-7-5-4-6-8-16)14-13-19-9-11-20(12-10-19)18(22)23/h4-8,15H,3,9-14H2,1-2H3,(H,22,23). The lowest BCUT2D eigenvalue weighted by Gasteiger charge is -2.33. The zero-order chi connectivity index (χ0) is 20.6. The molecule has 0 aliphatic carbocycles. The summed E-state index contributed by atoms with van der Waals surface area (Å²) in [6.45, 7) is 5.60. The summed E-state index contributed by atoms with van der Waals surface area (Å²) in [7, 11) is -3.65. The topological polar surface area (TPSA) is 106 Å². The maximum absolute atomic E-state index is 13.3. The fourth-order valence-corrected chi connectivity index (χ4v) is 4.51. The largest absolute Gasteiger partial charge is 0.465 e. The van der Waals surface area contributed by atoms with Crippen LogP contribution in [0, 0.1) is 0 Å². The summed E-state index contributed by atoms with van der Waals surface area (Å²) in [4.78, 5) is 26.2. The first kappa shape index (κ1) is 22.2. The lowest BCUT2D eigenvalue weighted by molar-refractivity contribution is -0.150. The minimum absolute atomic E-state index is 0.0682. The monoisotopic (exact) mass is 414 g/mol. The number of para-hydroxylation sites is 1. The molecule has 2 unspecified atom stereocenters. The quantitative estimate of drug-likeness (QED) is 0.485. The fraction of sp³-hybridized carbons (Fsp3) is 0.556. The first-order valence-corrected chi connectivity index (χ1v) is 10.9. The number of benzene rings is 1. The number of carbonyl (C=O) groups is 2. The van der Waals surface area contributed by atoms with Crippen LogP contribution in [0.5, 0.6) is 5.75 Å². The Morgan fingerprint density at radius 3 is 2.39 bits per heavy atom. The highest BCUT2D eigenvalue weighted by atomic mass is 31.2. The zero-order valence-electron chi connectivity index (χ0n) is 16.2. The van der Waals surface area contributed by atoms with Crippen LogP contribution in [0.1, 0.15) is 13.8 Å². The normalized spacial score (nSPS) is 18.1. The van der Waals surface area contributed by atoms with Crippen LogP contribution in [0.3, 0.4) is 0 Å². The summed E-state index contributed by atoms with van der Waals surface area (Å²) in [6, 6.07) is 8.63. The predicted molar refractivity (Wildman–Crippen MR) is 103 cm³/mol. The van der Waals surface area contributed by atoms with E-state index in [2.05, 4.69) is 0 Å². The molecule has 1 saturated heterocycles. The van der Waals surface area contributed by atoms with Gasteiger partial charge in [0.1, 0.15) is 5.75 Å². The smallest absolute Gasteiger partial charge is 0.407 e. The predicted octanol–water partition coefficient (Wildman–Crippen LogP) is 2.52. The van der Waals surface area contributed by atoms with E-state index in [-0.39, 0.29) is 12.8 Å². The van der Waals surface area contributed by atoms with Gasteiger partial charge < -0.3 is 19.3 Å². The third kappa shape index (κ3) is 6.82. The van der Waals surface area contributed by atoms with Gasteiger partial charge in [0, 0.05) is 32.7 Å². The molecule has 1 fully saturated rings. The molecule has 0 bridgehead atoms. The fourth-order valence-electron chi connectivity index (χ4n) is 2.73. The first-order valence-electron chi connectivity index (χ1n) is 9.22. The van der Waals surface area contributed by atoms with Gasteiger partial charge in [-0.1, -0.05) is 18.2 Å². The molecule has 1 aliphatic rings. The van der Waals surface area contributed by atoms with Gasteiger partial charge in [0.15, 0.2) is 6.10 Å². The highest BCUT2D eigenvalue weighted by Gasteiger charge is 2.33. The van der Waals surface area contributed by atoms with E-state index >= 15 is 0 Å². The van der Waals surface area contributed by atoms with Gasteiger partial charge in [-0.2, -0.15) is 0 Å². The van der Waals surface area contributed by atoms with Crippen molar-refractivity contribution in [3.63, 3.8) is 0 Å². The number of piperazine rings is 1. The van der Waals surface area contributed by atoms with E-state index in [9.17, 15) is 14.2 Å². The molecule has 28 heavy (non-hydrogen) atoms. The molecule has 1 aromatic rings. The van der Waals surface area contributed by atoms with Gasteiger partial charge in [-0.15, -0.1) is 0 Å². The molecule has 0 aromatic heterocycles. The number of rotatable bonds is 9. The summed E-state index contributed by atoms with van der Waals surface area (Å²) in [5, 5.41) is 9.02. The van der Waals surface area contributed by atoms with Gasteiger partial charge in [-0.3, -0.25) is 9.42 Å².